The van der Waals surface area contributed by atoms with Crippen molar-refractivity contribution in [3.63, 3.8) is 0 Å². The normalized spacial score (nSPS) is 10.5. The van der Waals surface area contributed by atoms with Crippen molar-refractivity contribution in [1.29, 1.82) is 0 Å². The summed E-state index contributed by atoms with van der Waals surface area (Å²) in [7, 11) is 4.78. The van der Waals surface area contributed by atoms with E-state index in [9.17, 15) is 9.59 Å². The highest BCUT2D eigenvalue weighted by Gasteiger charge is 2.17. The van der Waals surface area contributed by atoms with Crippen LogP contribution in [0.15, 0.2) is 89.9 Å². The Morgan fingerprint density at radius 1 is 0.684 bits per heavy atom. The Morgan fingerprint density at radius 2 is 1.16 bits per heavy atom. The van der Waals surface area contributed by atoms with E-state index >= 15 is 0 Å². The van der Waals surface area contributed by atoms with Gasteiger partial charge in [-0.15, -0.1) is 0 Å². The van der Waals surface area contributed by atoms with Crippen molar-refractivity contribution in [3.8, 4) is 23.0 Å². The second-order valence-electron chi connectivity index (χ2n) is 8.42. The summed E-state index contributed by atoms with van der Waals surface area (Å²) in [6.45, 7) is 0.550. The van der Waals surface area contributed by atoms with E-state index < -0.39 is 11.4 Å². The van der Waals surface area contributed by atoms with Crippen molar-refractivity contribution in [2.45, 2.75) is 19.8 Å². The van der Waals surface area contributed by atoms with E-state index in [2.05, 4.69) is 0 Å². The fourth-order valence-corrected chi connectivity index (χ4v) is 3.72. The maximum atomic E-state index is 13.1. The standard InChI is InChI=1S/C30H29NO7/c1-34-24-10-4-21(5-11-24)17-31-18-29(37-19-22-6-12-25(35-2)13-7-22)28(32)16-27(31)30(33)38-20-23-8-14-26(36-3)15-9-23/h4-16,18H,17,19-20H2,1-3H3. The van der Waals surface area contributed by atoms with E-state index in [1.165, 1.54) is 6.07 Å². The summed E-state index contributed by atoms with van der Waals surface area (Å²) in [6.07, 6.45) is 1.54. The minimum atomic E-state index is -0.617. The van der Waals surface area contributed by atoms with Gasteiger partial charge in [-0.05, 0) is 53.1 Å². The summed E-state index contributed by atoms with van der Waals surface area (Å²) in [5.41, 5.74) is 2.27. The average Bonchev–Trinajstić information content (AvgIpc) is 2.96. The smallest absolute Gasteiger partial charge is 0.355 e. The zero-order valence-electron chi connectivity index (χ0n) is 21.5. The van der Waals surface area contributed by atoms with Gasteiger partial charge in [-0.1, -0.05) is 36.4 Å². The molecule has 0 aliphatic carbocycles. The van der Waals surface area contributed by atoms with Gasteiger partial charge in [-0.25, -0.2) is 4.79 Å². The molecule has 0 saturated carbocycles. The van der Waals surface area contributed by atoms with Crippen LogP contribution in [0.1, 0.15) is 27.2 Å². The van der Waals surface area contributed by atoms with E-state index in [1.807, 2.05) is 60.7 Å². The number of ether oxygens (including phenoxy) is 5. The first-order valence-corrected chi connectivity index (χ1v) is 11.9. The number of hydrogen-bond donors (Lipinski definition) is 0. The van der Waals surface area contributed by atoms with Gasteiger partial charge in [0.1, 0.15) is 36.2 Å². The number of carbonyl (C=O) groups is 1. The molecule has 0 N–H and O–H groups in total. The third-order valence-electron chi connectivity index (χ3n) is 5.90. The molecule has 0 fully saturated rings. The van der Waals surface area contributed by atoms with Crippen molar-refractivity contribution >= 4 is 5.97 Å². The number of nitrogens with zero attached hydrogens (tertiary/aromatic N) is 1. The summed E-state index contributed by atoms with van der Waals surface area (Å²) in [6, 6.07) is 23.3. The third kappa shape index (κ3) is 6.73. The van der Waals surface area contributed by atoms with Crippen LogP contribution in [-0.2, 0) is 24.5 Å². The molecule has 0 spiro atoms. The van der Waals surface area contributed by atoms with Gasteiger partial charge in [0.2, 0.25) is 5.43 Å². The number of esters is 1. The van der Waals surface area contributed by atoms with Crippen LogP contribution in [0.3, 0.4) is 0 Å². The molecular weight excluding hydrogens is 486 g/mol. The number of aromatic nitrogens is 1. The molecule has 0 radical (unpaired) electrons. The van der Waals surface area contributed by atoms with Crippen LogP contribution in [0.25, 0.3) is 0 Å². The Bertz CT molecular complexity index is 1410. The fraction of sp³-hybridized carbons (Fsp3) is 0.200. The van der Waals surface area contributed by atoms with E-state index in [0.717, 1.165) is 28.2 Å². The second kappa shape index (κ2) is 12.5. The highest BCUT2D eigenvalue weighted by atomic mass is 16.5. The van der Waals surface area contributed by atoms with Crippen LogP contribution in [0.2, 0.25) is 0 Å². The lowest BCUT2D eigenvalue weighted by Crippen LogP contribution is -2.21. The van der Waals surface area contributed by atoms with Gasteiger partial charge in [0, 0.05) is 12.6 Å². The van der Waals surface area contributed by atoms with Crippen molar-refractivity contribution in [3.05, 3.63) is 118 Å². The van der Waals surface area contributed by atoms with Crippen molar-refractivity contribution in [1.82, 2.24) is 4.57 Å². The third-order valence-corrected chi connectivity index (χ3v) is 5.90. The molecule has 38 heavy (non-hydrogen) atoms. The van der Waals surface area contributed by atoms with Crippen molar-refractivity contribution in [2.75, 3.05) is 21.3 Å². The van der Waals surface area contributed by atoms with Crippen LogP contribution < -0.4 is 24.4 Å². The fourth-order valence-electron chi connectivity index (χ4n) is 3.72. The summed E-state index contributed by atoms with van der Waals surface area (Å²) >= 11 is 0. The summed E-state index contributed by atoms with van der Waals surface area (Å²) in [5, 5.41) is 0. The lowest BCUT2D eigenvalue weighted by Gasteiger charge is -2.16. The predicted molar refractivity (Wildman–Crippen MR) is 142 cm³/mol. The highest BCUT2D eigenvalue weighted by molar-refractivity contribution is 5.87. The van der Waals surface area contributed by atoms with Crippen LogP contribution >= 0.6 is 0 Å². The minimum Gasteiger partial charge on any atom is -0.497 e. The number of rotatable bonds is 11. The molecule has 8 nitrogen and oxygen atoms in total. The zero-order chi connectivity index (χ0) is 26.9. The first-order valence-electron chi connectivity index (χ1n) is 11.9. The van der Waals surface area contributed by atoms with Crippen LogP contribution in [0.5, 0.6) is 23.0 Å². The molecule has 0 bridgehead atoms. The Hall–Kier alpha value is -4.72. The molecule has 3 aromatic carbocycles. The predicted octanol–water partition coefficient (Wildman–Crippen LogP) is 4.86. The number of carbonyl (C=O) groups excluding carboxylic acids is 1. The van der Waals surface area contributed by atoms with Crippen LogP contribution in [-0.4, -0.2) is 31.9 Å². The van der Waals surface area contributed by atoms with Crippen molar-refractivity contribution < 1.29 is 28.5 Å². The molecule has 0 amide bonds. The van der Waals surface area contributed by atoms with E-state index in [-0.39, 0.29) is 24.7 Å². The Labute approximate surface area is 220 Å². The number of pyridine rings is 1. The zero-order valence-corrected chi connectivity index (χ0v) is 21.5. The van der Waals surface area contributed by atoms with E-state index in [0.29, 0.717) is 12.3 Å². The van der Waals surface area contributed by atoms with Gasteiger partial charge in [-0.3, -0.25) is 4.79 Å². The van der Waals surface area contributed by atoms with E-state index in [1.54, 1.807) is 44.2 Å². The lowest BCUT2D eigenvalue weighted by molar-refractivity contribution is 0.0459. The number of hydrogen-bond acceptors (Lipinski definition) is 7. The Balaban J connectivity index is 1.57. The summed E-state index contributed by atoms with van der Waals surface area (Å²) in [4.78, 5) is 26.0. The maximum absolute atomic E-state index is 13.1. The van der Waals surface area contributed by atoms with Gasteiger partial charge in [0.05, 0.1) is 27.5 Å². The topological polar surface area (TPSA) is 85.2 Å². The van der Waals surface area contributed by atoms with Crippen molar-refractivity contribution in [2.24, 2.45) is 0 Å². The molecule has 196 valence electrons. The summed E-state index contributed by atoms with van der Waals surface area (Å²) in [5.74, 6) is 1.66. The quantitative estimate of drug-likeness (QED) is 0.264. The molecule has 1 heterocycles. The maximum Gasteiger partial charge on any atom is 0.355 e. The molecule has 8 heteroatoms. The second-order valence-corrected chi connectivity index (χ2v) is 8.42. The molecule has 4 aromatic rings. The van der Waals surface area contributed by atoms with Gasteiger partial charge >= 0.3 is 5.97 Å². The Kier molecular flexibility index (Phi) is 8.66. The van der Waals surface area contributed by atoms with Gasteiger partial charge in [0.25, 0.3) is 0 Å². The van der Waals surface area contributed by atoms with Crippen LogP contribution in [0.4, 0.5) is 0 Å². The van der Waals surface area contributed by atoms with Gasteiger partial charge in [0.15, 0.2) is 5.75 Å². The largest absolute Gasteiger partial charge is 0.497 e. The molecule has 0 unspecified atom stereocenters. The SMILES string of the molecule is COc1ccc(COC(=O)c2cc(=O)c(OCc3ccc(OC)cc3)cn2Cc2ccc(OC)cc2)cc1. The van der Waals surface area contributed by atoms with E-state index in [4.69, 9.17) is 23.7 Å². The lowest BCUT2D eigenvalue weighted by atomic mass is 10.2. The number of methoxy groups -OCH3 is 3. The minimum absolute atomic E-state index is 0.0509. The molecule has 0 aliphatic rings. The molecular formula is C30H29NO7. The first kappa shape index (κ1) is 26.3. The molecule has 1 aromatic heterocycles. The monoisotopic (exact) mass is 515 g/mol. The number of benzene rings is 3. The summed E-state index contributed by atoms with van der Waals surface area (Å²) < 4.78 is 28.6. The average molecular weight is 516 g/mol. The van der Waals surface area contributed by atoms with Crippen LogP contribution in [0, 0.1) is 0 Å². The molecule has 4 rings (SSSR count). The molecule has 0 atom stereocenters. The van der Waals surface area contributed by atoms with Gasteiger partial charge in [-0.2, -0.15) is 0 Å². The first-order chi connectivity index (χ1) is 18.5. The van der Waals surface area contributed by atoms with Gasteiger partial charge < -0.3 is 28.3 Å². The Morgan fingerprint density at radius 3 is 1.66 bits per heavy atom. The molecule has 0 aliphatic heterocycles. The molecule has 0 saturated heterocycles. The highest BCUT2D eigenvalue weighted by Crippen LogP contribution is 2.18.